The Hall–Kier alpha value is -3.18. The molecule has 26 heavy (non-hydrogen) atoms. The molecule has 1 heterocycles. The molecule has 3 aromatic carbocycles. The second-order valence-electron chi connectivity index (χ2n) is 5.72. The zero-order valence-electron chi connectivity index (χ0n) is 14.2. The van der Waals surface area contributed by atoms with E-state index in [0.717, 1.165) is 38.8 Å². The summed E-state index contributed by atoms with van der Waals surface area (Å²) >= 11 is 1.54. The van der Waals surface area contributed by atoms with Crippen LogP contribution < -0.4 is 10.1 Å². The molecule has 0 saturated carbocycles. The lowest BCUT2D eigenvalue weighted by Crippen LogP contribution is -1.93. The lowest BCUT2D eigenvalue weighted by atomic mass is 10.0. The van der Waals surface area contributed by atoms with Gasteiger partial charge in [-0.3, -0.25) is 0 Å². The van der Waals surface area contributed by atoms with Crippen molar-refractivity contribution in [3.63, 3.8) is 0 Å². The van der Waals surface area contributed by atoms with E-state index in [9.17, 15) is 0 Å². The quantitative estimate of drug-likeness (QED) is 0.502. The summed E-state index contributed by atoms with van der Waals surface area (Å²) in [5.74, 6) is 0.853. The van der Waals surface area contributed by atoms with E-state index in [1.165, 1.54) is 11.3 Å². The lowest BCUT2D eigenvalue weighted by Gasteiger charge is -2.13. The van der Waals surface area contributed by atoms with Gasteiger partial charge in [-0.05, 0) is 48.0 Å². The second kappa shape index (κ2) is 7.37. The van der Waals surface area contributed by atoms with Gasteiger partial charge in [0.05, 0.1) is 7.11 Å². The Balaban J connectivity index is 1.60. The van der Waals surface area contributed by atoms with Gasteiger partial charge in [0.2, 0.25) is 0 Å². The highest BCUT2D eigenvalue weighted by Gasteiger charge is 2.06. The smallest absolute Gasteiger partial charge is 0.147 e. The molecule has 5 heteroatoms. The average Bonchev–Trinajstić information content (AvgIpc) is 3.24. The van der Waals surface area contributed by atoms with Gasteiger partial charge in [0.25, 0.3) is 0 Å². The zero-order chi connectivity index (χ0) is 17.8. The molecule has 0 radical (unpaired) electrons. The summed E-state index contributed by atoms with van der Waals surface area (Å²) in [5.41, 5.74) is 7.18. The number of methoxy groups -OCH3 is 1. The van der Waals surface area contributed by atoms with Gasteiger partial charge < -0.3 is 10.1 Å². The van der Waals surface area contributed by atoms with Crippen LogP contribution in [-0.4, -0.2) is 17.3 Å². The molecule has 0 amide bonds. The van der Waals surface area contributed by atoms with E-state index in [-0.39, 0.29) is 0 Å². The first-order chi connectivity index (χ1) is 12.8. The predicted molar refractivity (Wildman–Crippen MR) is 107 cm³/mol. The lowest BCUT2D eigenvalue weighted by molar-refractivity contribution is 0.415. The highest BCUT2D eigenvalue weighted by Crippen LogP contribution is 2.32. The number of para-hydroxylation sites is 1. The van der Waals surface area contributed by atoms with E-state index in [1.54, 1.807) is 12.6 Å². The van der Waals surface area contributed by atoms with Crippen LogP contribution in [0.5, 0.6) is 5.75 Å². The molecule has 0 unspecified atom stereocenters. The van der Waals surface area contributed by atoms with Crippen LogP contribution in [0.4, 0.5) is 11.4 Å². The molecule has 1 aromatic heterocycles. The van der Waals surface area contributed by atoms with Crippen molar-refractivity contribution in [1.29, 1.82) is 0 Å². The molecule has 4 rings (SSSR count). The minimum absolute atomic E-state index is 0.853. The van der Waals surface area contributed by atoms with Crippen molar-refractivity contribution in [2.75, 3.05) is 12.4 Å². The maximum atomic E-state index is 5.25. The first-order valence-corrected chi connectivity index (χ1v) is 9.08. The fourth-order valence-electron chi connectivity index (χ4n) is 2.76. The number of hydrogen-bond acceptors (Lipinski definition) is 5. The Morgan fingerprint density at radius 1 is 0.846 bits per heavy atom. The number of benzene rings is 3. The van der Waals surface area contributed by atoms with Gasteiger partial charge in [0.15, 0.2) is 0 Å². The molecule has 1 N–H and O–H groups in total. The largest absolute Gasteiger partial charge is 0.497 e. The van der Waals surface area contributed by atoms with Gasteiger partial charge in [-0.2, -0.15) is 0 Å². The molecular weight excluding hydrogens is 342 g/mol. The molecule has 4 aromatic rings. The summed E-state index contributed by atoms with van der Waals surface area (Å²) in [6, 6.07) is 24.6. The Bertz CT molecular complexity index is 981. The number of hydrogen-bond donors (Lipinski definition) is 1. The van der Waals surface area contributed by atoms with E-state index < -0.39 is 0 Å². The zero-order valence-corrected chi connectivity index (χ0v) is 15.0. The predicted octanol–water partition coefficient (Wildman–Crippen LogP) is 5.62. The summed E-state index contributed by atoms with van der Waals surface area (Å²) in [6.45, 7) is 0. The van der Waals surface area contributed by atoms with Crippen molar-refractivity contribution in [2.45, 2.75) is 0 Å². The van der Waals surface area contributed by atoms with Crippen LogP contribution in [0.2, 0.25) is 0 Å². The molecule has 4 nitrogen and oxygen atoms in total. The van der Waals surface area contributed by atoms with Crippen LogP contribution in [0.1, 0.15) is 0 Å². The fourth-order valence-corrected chi connectivity index (χ4v) is 3.33. The molecule has 0 spiro atoms. The average molecular weight is 359 g/mol. The maximum Gasteiger partial charge on any atom is 0.147 e. The first kappa shape index (κ1) is 16.3. The fraction of sp³-hybridized carbons (Fsp3) is 0.0476. The van der Waals surface area contributed by atoms with E-state index in [2.05, 4.69) is 64.0 Å². The number of ether oxygens (including phenoxy) is 1. The molecule has 128 valence electrons. The summed E-state index contributed by atoms with van der Waals surface area (Å²) < 4.78 is 5.25. The standard InChI is InChI=1S/C21H17N3OS/c1-25-18-12-8-15(9-13-18)19-4-2-3-5-20(19)23-17-10-6-16(7-11-17)21-24-22-14-26-21/h2-14,23H,1H3. The number of aromatic nitrogens is 2. The number of nitrogens with one attached hydrogen (secondary N) is 1. The van der Waals surface area contributed by atoms with Gasteiger partial charge >= 0.3 is 0 Å². The summed E-state index contributed by atoms with van der Waals surface area (Å²) in [6.07, 6.45) is 0. The highest BCUT2D eigenvalue weighted by atomic mass is 32.1. The Morgan fingerprint density at radius 3 is 2.27 bits per heavy atom. The van der Waals surface area contributed by atoms with Crippen molar-refractivity contribution in [2.24, 2.45) is 0 Å². The van der Waals surface area contributed by atoms with E-state index in [0.29, 0.717) is 0 Å². The van der Waals surface area contributed by atoms with Crippen molar-refractivity contribution in [1.82, 2.24) is 10.2 Å². The molecule has 0 aliphatic heterocycles. The van der Waals surface area contributed by atoms with Gasteiger partial charge in [-0.25, -0.2) is 0 Å². The van der Waals surface area contributed by atoms with E-state index >= 15 is 0 Å². The van der Waals surface area contributed by atoms with Gasteiger partial charge in [-0.1, -0.05) is 41.7 Å². The van der Waals surface area contributed by atoms with Crippen molar-refractivity contribution >= 4 is 22.7 Å². The first-order valence-electron chi connectivity index (χ1n) is 8.20. The third kappa shape index (κ3) is 3.43. The van der Waals surface area contributed by atoms with Crippen LogP contribution in [0.15, 0.2) is 78.3 Å². The molecule has 0 atom stereocenters. The Morgan fingerprint density at radius 2 is 1.58 bits per heavy atom. The number of nitrogens with zero attached hydrogens (tertiary/aromatic N) is 2. The normalized spacial score (nSPS) is 10.5. The second-order valence-corrected chi connectivity index (χ2v) is 6.55. The summed E-state index contributed by atoms with van der Waals surface area (Å²) in [7, 11) is 1.68. The van der Waals surface area contributed by atoms with E-state index in [4.69, 9.17) is 4.74 Å². The Labute approximate surface area is 156 Å². The summed E-state index contributed by atoms with van der Waals surface area (Å²) in [5, 5.41) is 12.4. The van der Waals surface area contributed by atoms with Gasteiger partial charge in [0.1, 0.15) is 16.3 Å². The molecule has 0 saturated heterocycles. The molecule has 0 bridgehead atoms. The van der Waals surface area contributed by atoms with Crippen LogP contribution in [-0.2, 0) is 0 Å². The van der Waals surface area contributed by atoms with Crippen molar-refractivity contribution in [3.8, 4) is 27.4 Å². The summed E-state index contributed by atoms with van der Waals surface area (Å²) in [4.78, 5) is 0. The van der Waals surface area contributed by atoms with Gasteiger partial charge in [-0.15, -0.1) is 10.2 Å². The molecular formula is C21H17N3OS. The number of anilines is 2. The SMILES string of the molecule is COc1ccc(-c2ccccc2Nc2ccc(-c3nncs3)cc2)cc1. The molecule has 0 aliphatic rings. The van der Waals surface area contributed by atoms with E-state index in [1.807, 2.05) is 24.3 Å². The van der Waals surface area contributed by atoms with Crippen molar-refractivity contribution < 1.29 is 4.74 Å². The third-order valence-corrected chi connectivity index (χ3v) is 4.84. The molecule has 0 fully saturated rings. The van der Waals surface area contributed by atoms with Crippen LogP contribution in [0.25, 0.3) is 21.7 Å². The minimum atomic E-state index is 0.853. The maximum absolute atomic E-state index is 5.25. The minimum Gasteiger partial charge on any atom is -0.497 e. The highest BCUT2D eigenvalue weighted by molar-refractivity contribution is 7.12. The Kier molecular flexibility index (Phi) is 4.62. The van der Waals surface area contributed by atoms with Gasteiger partial charge in [0, 0.05) is 22.5 Å². The number of rotatable bonds is 5. The third-order valence-electron chi connectivity index (χ3n) is 4.10. The van der Waals surface area contributed by atoms with Crippen LogP contribution in [0, 0.1) is 0 Å². The van der Waals surface area contributed by atoms with Crippen molar-refractivity contribution in [3.05, 3.63) is 78.3 Å². The monoisotopic (exact) mass is 359 g/mol. The topological polar surface area (TPSA) is 47.0 Å². The van der Waals surface area contributed by atoms with Crippen LogP contribution >= 0.6 is 11.3 Å². The molecule has 0 aliphatic carbocycles. The van der Waals surface area contributed by atoms with Crippen LogP contribution in [0.3, 0.4) is 0 Å².